The Hall–Kier alpha value is -3.28. The molecule has 1 saturated heterocycles. The summed E-state index contributed by atoms with van der Waals surface area (Å²) in [7, 11) is 0. The molecule has 0 spiro atoms. The van der Waals surface area contributed by atoms with Gasteiger partial charge in [0.1, 0.15) is 17.6 Å². The van der Waals surface area contributed by atoms with Crippen molar-refractivity contribution in [1.82, 2.24) is 15.0 Å². The molecule has 0 saturated carbocycles. The molecule has 2 aromatic rings. The molecule has 5 N–H and O–H groups in total. The summed E-state index contributed by atoms with van der Waals surface area (Å²) in [4.78, 5) is 19.8. The number of halogens is 1. The number of aromatic nitrogens is 1. The van der Waals surface area contributed by atoms with E-state index in [4.69, 9.17) is 21.4 Å². The lowest BCUT2D eigenvalue weighted by atomic mass is 10.1. The first-order valence-corrected chi connectivity index (χ1v) is 11.3. The molecule has 1 aliphatic heterocycles. The number of anilines is 1. The molecule has 1 aromatic heterocycles. The maximum atomic E-state index is 14.8. The van der Waals surface area contributed by atoms with E-state index in [2.05, 4.69) is 28.8 Å². The first-order chi connectivity index (χ1) is 16.4. The van der Waals surface area contributed by atoms with Gasteiger partial charge in [0, 0.05) is 17.3 Å². The molecule has 11 heteroatoms. The Labute approximate surface area is 198 Å². The Kier molecular flexibility index (Phi) is 8.74. The number of nitrogens with zero attached hydrogens (tertiary/aromatic N) is 5. The molecule has 10 nitrogen and oxygen atoms in total. The summed E-state index contributed by atoms with van der Waals surface area (Å²) in [5, 5.41) is 14.6. The Morgan fingerprint density at radius 3 is 2.65 bits per heavy atom. The third kappa shape index (κ3) is 6.19. The number of hydrogen-bond donors (Lipinski definition) is 3. The van der Waals surface area contributed by atoms with Crippen LogP contribution < -0.4 is 16.5 Å². The molecule has 0 bridgehead atoms. The van der Waals surface area contributed by atoms with Crippen LogP contribution in [0, 0.1) is 5.82 Å². The fraction of sp³-hybridized carbons (Fsp3) is 0.435. The Morgan fingerprint density at radius 2 is 2.06 bits per heavy atom. The normalized spacial score (nSPS) is 16.3. The van der Waals surface area contributed by atoms with Gasteiger partial charge in [-0.2, -0.15) is 0 Å². The van der Waals surface area contributed by atoms with Crippen molar-refractivity contribution in [3.8, 4) is 11.1 Å². The third-order valence-electron chi connectivity index (χ3n) is 5.67. The maximum Gasteiger partial charge on any atom is 0.414 e. The van der Waals surface area contributed by atoms with Crippen LogP contribution in [0.4, 0.5) is 14.9 Å². The van der Waals surface area contributed by atoms with Crippen molar-refractivity contribution < 1.29 is 19.0 Å². The molecule has 1 amide bonds. The number of benzene rings is 1. The fourth-order valence-electron chi connectivity index (χ4n) is 3.67. The van der Waals surface area contributed by atoms with Gasteiger partial charge in [-0.05, 0) is 50.3 Å². The van der Waals surface area contributed by atoms with E-state index in [1.54, 1.807) is 24.3 Å². The number of hydrazine groups is 1. The fourth-order valence-corrected chi connectivity index (χ4v) is 3.67. The zero-order chi connectivity index (χ0) is 24.7. The molecule has 1 aliphatic rings. The number of amides is 1. The molecule has 0 radical (unpaired) electrons. The number of hydrogen-bond acceptors (Lipinski definition) is 8. The van der Waals surface area contributed by atoms with Crippen molar-refractivity contribution in [1.29, 1.82) is 0 Å². The molecule has 1 aromatic carbocycles. The van der Waals surface area contributed by atoms with Crippen LogP contribution in [-0.4, -0.2) is 77.5 Å². The van der Waals surface area contributed by atoms with E-state index in [-0.39, 0.29) is 19.0 Å². The Morgan fingerprint density at radius 1 is 1.29 bits per heavy atom. The Balaban J connectivity index is 1.64. The number of aliphatic hydroxyl groups is 1. The molecule has 184 valence electrons. The summed E-state index contributed by atoms with van der Waals surface area (Å²) >= 11 is 0. The van der Waals surface area contributed by atoms with E-state index >= 15 is 0 Å². The van der Waals surface area contributed by atoms with Crippen molar-refractivity contribution in [3.63, 3.8) is 0 Å². The number of rotatable bonds is 11. The van der Waals surface area contributed by atoms with Gasteiger partial charge >= 0.3 is 6.09 Å². The van der Waals surface area contributed by atoms with Gasteiger partial charge in [0.25, 0.3) is 0 Å². The first-order valence-electron chi connectivity index (χ1n) is 11.3. The standard InChI is InChI=1S/C23H32FN7O3/c1-3-29(4-2)10-5-11-31(26)28-22(25)21-9-6-16(13-27-21)19-8-7-17(12-20(19)24)30-14-18(15-32)34-23(30)33/h6-9,12-13,18,32H,3-5,10-11,14-15,26H2,1-2H3,(H2,25,28). The number of pyridine rings is 1. The average molecular weight is 474 g/mol. The van der Waals surface area contributed by atoms with Gasteiger partial charge in [-0.25, -0.2) is 20.1 Å². The van der Waals surface area contributed by atoms with Gasteiger partial charge in [0.05, 0.1) is 25.4 Å². The number of nitrogens with two attached hydrogens (primary N) is 2. The van der Waals surface area contributed by atoms with Crippen LogP contribution in [0.25, 0.3) is 11.1 Å². The molecule has 1 unspecified atom stereocenters. The highest BCUT2D eigenvalue weighted by atomic mass is 19.1. The van der Waals surface area contributed by atoms with Crippen LogP contribution in [0.2, 0.25) is 0 Å². The number of amidine groups is 1. The highest BCUT2D eigenvalue weighted by Gasteiger charge is 2.32. The lowest BCUT2D eigenvalue weighted by Gasteiger charge is -2.19. The predicted octanol–water partition coefficient (Wildman–Crippen LogP) is 1.73. The summed E-state index contributed by atoms with van der Waals surface area (Å²) in [6.45, 7) is 7.56. The van der Waals surface area contributed by atoms with Crippen LogP contribution in [-0.2, 0) is 4.74 Å². The van der Waals surface area contributed by atoms with E-state index in [9.17, 15) is 9.18 Å². The van der Waals surface area contributed by atoms with Crippen molar-refractivity contribution in [2.75, 3.05) is 44.2 Å². The second-order valence-electron chi connectivity index (χ2n) is 7.92. The number of aliphatic hydroxyl groups excluding tert-OH is 1. The van der Waals surface area contributed by atoms with Crippen LogP contribution >= 0.6 is 0 Å². The minimum Gasteiger partial charge on any atom is -0.441 e. The van der Waals surface area contributed by atoms with Gasteiger partial charge in [0.15, 0.2) is 5.84 Å². The van der Waals surface area contributed by atoms with Crippen LogP contribution in [0.5, 0.6) is 0 Å². The highest BCUT2D eigenvalue weighted by molar-refractivity contribution is 5.95. The number of carbonyl (C=O) groups excluding carboxylic acids is 1. The van der Waals surface area contributed by atoms with Crippen LogP contribution in [0.1, 0.15) is 26.0 Å². The molecule has 34 heavy (non-hydrogen) atoms. The van der Waals surface area contributed by atoms with E-state index in [0.29, 0.717) is 29.1 Å². The van der Waals surface area contributed by atoms with Crippen molar-refractivity contribution in [3.05, 3.63) is 48.0 Å². The number of ether oxygens (including phenoxy) is 1. The summed E-state index contributed by atoms with van der Waals surface area (Å²) in [5.41, 5.74) is 7.68. The maximum absolute atomic E-state index is 14.8. The average Bonchev–Trinajstić information content (AvgIpc) is 3.22. The van der Waals surface area contributed by atoms with Gasteiger partial charge in [-0.15, -0.1) is 5.10 Å². The largest absolute Gasteiger partial charge is 0.441 e. The lowest BCUT2D eigenvalue weighted by molar-refractivity contribution is 0.0963. The molecular formula is C23H32FN7O3. The lowest BCUT2D eigenvalue weighted by Crippen LogP contribution is -2.33. The van der Waals surface area contributed by atoms with E-state index in [1.165, 1.54) is 22.3 Å². The minimum absolute atomic E-state index is 0.163. The highest BCUT2D eigenvalue weighted by Crippen LogP contribution is 2.28. The predicted molar refractivity (Wildman–Crippen MR) is 128 cm³/mol. The summed E-state index contributed by atoms with van der Waals surface area (Å²) in [6.07, 6.45) is 1.12. The van der Waals surface area contributed by atoms with Crippen molar-refractivity contribution in [2.45, 2.75) is 26.4 Å². The quantitative estimate of drug-likeness (QED) is 0.194. The second kappa shape index (κ2) is 11.7. The zero-order valence-electron chi connectivity index (χ0n) is 19.5. The second-order valence-corrected chi connectivity index (χ2v) is 7.92. The van der Waals surface area contributed by atoms with E-state index in [1.807, 2.05) is 0 Å². The topological polar surface area (TPSA) is 134 Å². The molecule has 1 atom stereocenters. The number of cyclic esters (lactones) is 1. The third-order valence-corrected chi connectivity index (χ3v) is 5.67. The summed E-state index contributed by atoms with van der Waals surface area (Å²) in [5.74, 6) is 5.58. The zero-order valence-corrected chi connectivity index (χ0v) is 19.5. The van der Waals surface area contributed by atoms with E-state index in [0.717, 1.165) is 26.1 Å². The van der Waals surface area contributed by atoms with Gasteiger partial charge < -0.3 is 20.5 Å². The summed E-state index contributed by atoms with van der Waals surface area (Å²) < 4.78 is 19.8. The monoisotopic (exact) mass is 473 g/mol. The first kappa shape index (κ1) is 25.3. The molecule has 0 aliphatic carbocycles. The van der Waals surface area contributed by atoms with Gasteiger partial charge in [0.2, 0.25) is 0 Å². The molecule has 2 heterocycles. The van der Waals surface area contributed by atoms with Crippen molar-refractivity contribution in [2.24, 2.45) is 16.7 Å². The minimum atomic E-state index is -0.620. The van der Waals surface area contributed by atoms with Gasteiger partial charge in [-0.1, -0.05) is 19.9 Å². The molecule has 1 fully saturated rings. The summed E-state index contributed by atoms with van der Waals surface area (Å²) in [6, 6.07) is 7.78. The van der Waals surface area contributed by atoms with Gasteiger partial charge in [-0.3, -0.25) is 9.88 Å². The smallest absolute Gasteiger partial charge is 0.414 e. The Bertz CT molecular complexity index is 999. The number of carbonyl (C=O) groups is 1. The van der Waals surface area contributed by atoms with E-state index < -0.39 is 18.0 Å². The molecule has 3 rings (SSSR count). The van der Waals surface area contributed by atoms with Crippen LogP contribution in [0.3, 0.4) is 0 Å². The molecular weight excluding hydrogens is 441 g/mol. The SMILES string of the molecule is CCN(CC)CCCN(N)/N=C(\N)c1ccc(-c2ccc(N3CC(CO)OC3=O)cc2F)cn1. The van der Waals surface area contributed by atoms with Crippen LogP contribution in [0.15, 0.2) is 41.6 Å². The number of hydrazone groups is 1. The van der Waals surface area contributed by atoms with Crippen molar-refractivity contribution >= 4 is 17.6 Å².